The lowest BCUT2D eigenvalue weighted by Crippen LogP contribution is -2.24. The van der Waals surface area contributed by atoms with Gasteiger partial charge in [0.2, 0.25) is 0 Å². The molecule has 0 aliphatic heterocycles. The average Bonchev–Trinajstić information content (AvgIpc) is 2.28. The number of benzene rings is 1. The van der Waals surface area contributed by atoms with Crippen molar-refractivity contribution < 1.29 is 22.3 Å². The maximum absolute atomic E-state index is 13.3. The predicted molar refractivity (Wildman–Crippen MR) is 65.5 cm³/mol. The Kier molecular flexibility index (Phi) is 4.65. The van der Waals surface area contributed by atoms with Crippen molar-refractivity contribution in [3.05, 3.63) is 29.1 Å². The first kappa shape index (κ1) is 15.2. The van der Waals surface area contributed by atoms with E-state index in [1.807, 2.05) is 0 Å². The maximum Gasteiger partial charge on any atom is 0.419 e. The number of nitrogens with one attached hydrogen (secondary N) is 1. The van der Waals surface area contributed by atoms with E-state index in [-0.39, 0.29) is 16.4 Å². The third-order valence-corrected chi connectivity index (χ3v) is 2.09. The number of hydrazone groups is 1. The number of nitrogens with two attached hydrogens (primary N) is 1. The summed E-state index contributed by atoms with van der Waals surface area (Å²) in [7, 11) is 1.19. The minimum absolute atomic E-state index is 0.0695. The van der Waals surface area contributed by atoms with Gasteiger partial charge in [0.05, 0.1) is 18.9 Å². The Hall–Kier alpha value is -1.90. The van der Waals surface area contributed by atoms with Gasteiger partial charge in [-0.25, -0.2) is 4.39 Å². The van der Waals surface area contributed by atoms with Gasteiger partial charge in [-0.05, 0) is 18.3 Å². The zero-order chi connectivity index (χ0) is 14.6. The molecule has 0 fully saturated rings. The van der Waals surface area contributed by atoms with Crippen molar-refractivity contribution in [3.63, 3.8) is 0 Å². The molecule has 0 aliphatic carbocycles. The number of rotatable bonds is 3. The fraction of sp³-hybridized carbons (Fsp3) is 0.200. The van der Waals surface area contributed by atoms with Crippen LogP contribution in [0.1, 0.15) is 11.1 Å². The number of alkyl halides is 3. The number of halogens is 4. The SMILES string of the molecule is COc1cc(F)c(C(F)(F)F)cc1C=NNC(N)=S. The summed E-state index contributed by atoms with van der Waals surface area (Å²) in [6, 6.07) is 1.21. The largest absolute Gasteiger partial charge is 0.496 e. The van der Waals surface area contributed by atoms with Gasteiger partial charge in [0.1, 0.15) is 11.6 Å². The fourth-order valence-electron chi connectivity index (χ4n) is 1.23. The van der Waals surface area contributed by atoms with E-state index in [1.165, 1.54) is 7.11 Å². The van der Waals surface area contributed by atoms with Crippen LogP contribution in [0.5, 0.6) is 5.75 Å². The minimum atomic E-state index is -4.81. The van der Waals surface area contributed by atoms with Crippen molar-refractivity contribution in [2.24, 2.45) is 10.8 Å². The standard InChI is InChI=1S/C10H9F4N3OS/c1-18-8-3-7(11)6(10(12,13)14)2-5(8)4-16-17-9(15)19/h2-4H,1H3,(H3,15,17,19). The molecule has 0 spiro atoms. The normalized spacial score (nSPS) is 11.6. The van der Waals surface area contributed by atoms with Gasteiger partial charge >= 0.3 is 6.18 Å². The van der Waals surface area contributed by atoms with E-state index >= 15 is 0 Å². The number of methoxy groups -OCH3 is 1. The zero-order valence-corrected chi connectivity index (χ0v) is 10.4. The molecule has 0 amide bonds. The maximum atomic E-state index is 13.3. The number of ether oxygens (including phenoxy) is 1. The van der Waals surface area contributed by atoms with Gasteiger partial charge in [0.15, 0.2) is 5.11 Å². The van der Waals surface area contributed by atoms with E-state index < -0.39 is 17.6 Å². The first-order valence-corrected chi connectivity index (χ1v) is 5.19. The van der Waals surface area contributed by atoms with E-state index in [2.05, 4.69) is 22.7 Å². The number of nitrogens with zero attached hydrogens (tertiary/aromatic N) is 1. The molecule has 104 valence electrons. The van der Waals surface area contributed by atoms with Crippen molar-refractivity contribution in [2.75, 3.05) is 7.11 Å². The van der Waals surface area contributed by atoms with Crippen LogP contribution in [-0.2, 0) is 6.18 Å². The van der Waals surface area contributed by atoms with Crippen LogP contribution >= 0.6 is 12.2 Å². The lowest BCUT2D eigenvalue weighted by atomic mass is 10.1. The molecule has 9 heteroatoms. The van der Waals surface area contributed by atoms with Gasteiger partial charge in [-0.1, -0.05) is 0 Å². The quantitative estimate of drug-likeness (QED) is 0.388. The van der Waals surface area contributed by atoms with Gasteiger partial charge in [-0.3, -0.25) is 5.43 Å². The Morgan fingerprint density at radius 1 is 1.47 bits per heavy atom. The van der Waals surface area contributed by atoms with Gasteiger partial charge < -0.3 is 10.5 Å². The summed E-state index contributed by atoms with van der Waals surface area (Å²) in [5, 5.41) is 3.33. The van der Waals surface area contributed by atoms with Crippen LogP contribution in [0.3, 0.4) is 0 Å². The van der Waals surface area contributed by atoms with Crippen LogP contribution in [-0.4, -0.2) is 18.4 Å². The lowest BCUT2D eigenvalue weighted by Gasteiger charge is -2.11. The summed E-state index contributed by atoms with van der Waals surface area (Å²) in [6.45, 7) is 0. The summed E-state index contributed by atoms with van der Waals surface area (Å²) in [6.07, 6.45) is -3.82. The smallest absolute Gasteiger partial charge is 0.419 e. The molecule has 0 unspecified atom stereocenters. The second kappa shape index (κ2) is 5.83. The predicted octanol–water partition coefficient (Wildman–Crippen LogP) is 2.02. The second-order valence-electron chi connectivity index (χ2n) is 3.31. The first-order valence-electron chi connectivity index (χ1n) is 4.79. The van der Waals surface area contributed by atoms with Gasteiger partial charge in [-0.15, -0.1) is 0 Å². The van der Waals surface area contributed by atoms with Crippen molar-refractivity contribution >= 4 is 23.5 Å². The minimum Gasteiger partial charge on any atom is -0.496 e. The molecule has 0 saturated carbocycles. The fourth-order valence-corrected chi connectivity index (χ4v) is 1.28. The van der Waals surface area contributed by atoms with Crippen molar-refractivity contribution in [2.45, 2.75) is 6.18 Å². The summed E-state index contributed by atoms with van der Waals surface area (Å²) in [4.78, 5) is 0. The number of hydrogen-bond donors (Lipinski definition) is 2. The highest BCUT2D eigenvalue weighted by atomic mass is 32.1. The summed E-state index contributed by atoms with van der Waals surface area (Å²) < 4.78 is 55.6. The molecular formula is C10H9F4N3OS. The molecular weight excluding hydrogens is 286 g/mol. The van der Waals surface area contributed by atoms with Crippen molar-refractivity contribution in [1.82, 2.24) is 5.43 Å². The monoisotopic (exact) mass is 295 g/mol. The molecule has 1 aromatic rings. The number of thiocarbonyl (C=S) groups is 1. The Bertz CT molecular complexity index is 516. The Labute approximate surface area is 111 Å². The lowest BCUT2D eigenvalue weighted by molar-refractivity contribution is -0.140. The highest BCUT2D eigenvalue weighted by molar-refractivity contribution is 7.80. The third kappa shape index (κ3) is 4.05. The molecule has 4 nitrogen and oxygen atoms in total. The molecule has 1 aromatic carbocycles. The van der Waals surface area contributed by atoms with Crippen molar-refractivity contribution in [1.29, 1.82) is 0 Å². The molecule has 0 aliphatic rings. The molecule has 0 saturated heterocycles. The van der Waals surface area contributed by atoms with E-state index in [9.17, 15) is 17.6 Å². The summed E-state index contributed by atoms with van der Waals surface area (Å²) >= 11 is 4.46. The molecule has 3 N–H and O–H groups in total. The topological polar surface area (TPSA) is 59.6 Å². The van der Waals surface area contributed by atoms with Crippen molar-refractivity contribution in [3.8, 4) is 5.75 Å². The molecule has 0 radical (unpaired) electrons. The molecule has 0 aromatic heterocycles. The summed E-state index contributed by atoms with van der Waals surface area (Å²) in [5.41, 5.74) is 5.77. The van der Waals surface area contributed by atoms with Gasteiger partial charge in [0, 0.05) is 11.6 Å². The third-order valence-electron chi connectivity index (χ3n) is 2.00. The average molecular weight is 295 g/mol. The van der Waals surface area contributed by atoms with Gasteiger partial charge in [0.25, 0.3) is 0 Å². The molecule has 0 atom stereocenters. The molecule has 0 bridgehead atoms. The van der Waals surface area contributed by atoms with Crippen LogP contribution in [0.25, 0.3) is 0 Å². The highest BCUT2D eigenvalue weighted by Gasteiger charge is 2.35. The van der Waals surface area contributed by atoms with Crippen LogP contribution in [0, 0.1) is 5.82 Å². The second-order valence-corrected chi connectivity index (χ2v) is 3.75. The zero-order valence-electron chi connectivity index (χ0n) is 9.58. The Morgan fingerprint density at radius 3 is 2.58 bits per heavy atom. The van der Waals surface area contributed by atoms with Crippen LogP contribution in [0.2, 0.25) is 0 Å². The van der Waals surface area contributed by atoms with E-state index in [1.54, 1.807) is 0 Å². The van der Waals surface area contributed by atoms with Gasteiger partial charge in [-0.2, -0.15) is 18.3 Å². The van der Waals surface area contributed by atoms with E-state index in [0.717, 1.165) is 6.21 Å². The number of hydrogen-bond acceptors (Lipinski definition) is 3. The van der Waals surface area contributed by atoms with E-state index in [4.69, 9.17) is 10.5 Å². The summed E-state index contributed by atoms with van der Waals surface area (Å²) in [5.74, 6) is -1.53. The Morgan fingerprint density at radius 2 is 2.11 bits per heavy atom. The highest BCUT2D eigenvalue weighted by Crippen LogP contribution is 2.34. The molecule has 1 rings (SSSR count). The van der Waals surface area contributed by atoms with E-state index in [0.29, 0.717) is 12.1 Å². The Balaban J connectivity index is 3.21. The molecule has 19 heavy (non-hydrogen) atoms. The van der Waals surface area contributed by atoms with Crippen LogP contribution in [0.4, 0.5) is 17.6 Å². The van der Waals surface area contributed by atoms with Crippen LogP contribution in [0.15, 0.2) is 17.2 Å². The first-order chi connectivity index (χ1) is 8.75. The van der Waals surface area contributed by atoms with Crippen LogP contribution < -0.4 is 15.9 Å². The molecule has 0 heterocycles.